The Kier molecular flexibility index (Phi) is 7.36. The highest BCUT2D eigenvalue weighted by molar-refractivity contribution is 9.10. The zero-order valence-electron chi connectivity index (χ0n) is 11.7. The summed E-state index contributed by atoms with van der Waals surface area (Å²) in [6.45, 7) is 3.22. The van der Waals surface area contributed by atoms with E-state index in [1.54, 1.807) is 7.11 Å². The first-order valence-corrected chi connectivity index (χ1v) is 7.46. The second-order valence-electron chi connectivity index (χ2n) is 4.68. The zero-order valence-corrected chi connectivity index (χ0v) is 13.3. The van der Waals surface area contributed by atoms with Gasteiger partial charge in [-0.2, -0.15) is 0 Å². The van der Waals surface area contributed by atoms with Gasteiger partial charge in [0.1, 0.15) is 5.75 Å². The molecule has 1 N–H and O–H groups in total. The van der Waals surface area contributed by atoms with Crippen LogP contribution >= 0.6 is 15.9 Å². The molecule has 0 radical (unpaired) electrons. The topological polar surface area (TPSA) is 21.3 Å². The monoisotopic (exact) mass is 313 g/mol. The molecule has 1 aromatic carbocycles. The SMILES string of the molecule is CNCCCCCCc1cc(Br)c(C)cc1OC. The number of halogens is 1. The van der Waals surface area contributed by atoms with E-state index in [4.69, 9.17) is 4.74 Å². The largest absolute Gasteiger partial charge is 0.496 e. The lowest BCUT2D eigenvalue weighted by molar-refractivity contribution is 0.408. The molecule has 0 aliphatic rings. The highest BCUT2D eigenvalue weighted by Crippen LogP contribution is 2.28. The Bertz CT molecular complexity index is 366. The van der Waals surface area contributed by atoms with E-state index in [-0.39, 0.29) is 0 Å². The van der Waals surface area contributed by atoms with Gasteiger partial charge < -0.3 is 10.1 Å². The Morgan fingerprint density at radius 3 is 2.56 bits per heavy atom. The van der Waals surface area contributed by atoms with E-state index < -0.39 is 0 Å². The molecular formula is C15H24BrNO. The van der Waals surface area contributed by atoms with Gasteiger partial charge in [-0.1, -0.05) is 28.8 Å². The third kappa shape index (κ3) is 4.99. The summed E-state index contributed by atoms with van der Waals surface area (Å²) in [5.74, 6) is 1.02. The first-order chi connectivity index (χ1) is 8.69. The van der Waals surface area contributed by atoms with Crippen LogP contribution in [0.25, 0.3) is 0 Å². The Labute approximate surface area is 119 Å². The predicted molar refractivity (Wildman–Crippen MR) is 81.5 cm³/mol. The number of ether oxygens (including phenoxy) is 1. The van der Waals surface area contributed by atoms with Crippen LogP contribution in [0.3, 0.4) is 0 Å². The first-order valence-electron chi connectivity index (χ1n) is 6.66. The van der Waals surface area contributed by atoms with Crippen LogP contribution in [0.5, 0.6) is 5.75 Å². The Morgan fingerprint density at radius 2 is 1.89 bits per heavy atom. The fourth-order valence-electron chi connectivity index (χ4n) is 2.05. The number of hydrogen-bond donors (Lipinski definition) is 1. The minimum absolute atomic E-state index is 1.02. The van der Waals surface area contributed by atoms with Gasteiger partial charge in [0.25, 0.3) is 0 Å². The minimum Gasteiger partial charge on any atom is -0.496 e. The van der Waals surface area contributed by atoms with Gasteiger partial charge in [-0.05, 0) is 63.0 Å². The van der Waals surface area contributed by atoms with Crippen LogP contribution in [0.2, 0.25) is 0 Å². The first kappa shape index (κ1) is 15.5. The third-order valence-corrected chi connectivity index (χ3v) is 4.04. The predicted octanol–water partition coefficient (Wildman–Crippen LogP) is 4.09. The smallest absolute Gasteiger partial charge is 0.122 e. The lowest BCUT2D eigenvalue weighted by Crippen LogP contribution is -2.06. The molecule has 0 saturated carbocycles. The molecule has 0 heterocycles. The number of aryl methyl sites for hydroxylation is 2. The van der Waals surface area contributed by atoms with Crippen molar-refractivity contribution in [3.63, 3.8) is 0 Å². The van der Waals surface area contributed by atoms with E-state index in [2.05, 4.69) is 40.3 Å². The van der Waals surface area contributed by atoms with Crippen LogP contribution in [0.4, 0.5) is 0 Å². The molecular weight excluding hydrogens is 290 g/mol. The second-order valence-corrected chi connectivity index (χ2v) is 5.54. The molecule has 0 bridgehead atoms. The molecule has 0 spiro atoms. The Morgan fingerprint density at radius 1 is 1.17 bits per heavy atom. The van der Waals surface area contributed by atoms with E-state index in [0.29, 0.717) is 0 Å². The molecule has 0 amide bonds. The summed E-state index contributed by atoms with van der Waals surface area (Å²) in [5.41, 5.74) is 2.54. The summed E-state index contributed by atoms with van der Waals surface area (Å²) in [7, 11) is 3.76. The van der Waals surface area contributed by atoms with Crippen LogP contribution in [-0.2, 0) is 6.42 Å². The van der Waals surface area contributed by atoms with Crippen LogP contribution in [-0.4, -0.2) is 20.7 Å². The van der Waals surface area contributed by atoms with Gasteiger partial charge in [-0.25, -0.2) is 0 Å². The van der Waals surface area contributed by atoms with E-state index in [0.717, 1.165) is 18.7 Å². The highest BCUT2D eigenvalue weighted by atomic mass is 79.9. The molecule has 0 atom stereocenters. The Balaban J connectivity index is 2.43. The lowest BCUT2D eigenvalue weighted by Gasteiger charge is -2.11. The van der Waals surface area contributed by atoms with Crippen molar-refractivity contribution in [2.24, 2.45) is 0 Å². The number of nitrogens with one attached hydrogen (secondary N) is 1. The average Bonchev–Trinajstić information content (AvgIpc) is 2.37. The molecule has 1 rings (SSSR count). The maximum atomic E-state index is 5.45. The van der Waals surface area contributed by atoms with Crippen molar-refractivity contribution in [3.05, 3.63) is 27.7 Å². The molecule has 102 valence electrons. The van der Waals surface area contributed by atoms with Crippen molar-refractivity contribution < 1.29 is 4.74 Å². The van der Waals surface area contributed by atoms with Gasteiger partial charge >= 0.3 is 0 Å². The number of rotatable bonds is 8. The third-order valence-electron chi connectivity index (χ3n) is 3.18. The van der Waals surface area contributed by atoms with Crippen LogP contribution in [0.1, 0.15) is 36.8 Å². The Hall–Kier alpha value is -0.540. The molecule has 18 heavy (non-hydrogen) atoms. The summed E-state index contributed by atoms with van der Waals surface area (Å²) in [5, 5.41) is 3.18. The van der Waals surface area contributed by atoms with E-state index in [1.165, 1.54) is 41.3 Å². The normalized spacial score (nSPS) is 10.7. The van der Waals surface area contributed by atoms with Crippen LogP contribution in [0, 0.1) is 6.92 Å². The fourth-order valence-corrected chi connectivity index (χ4v) is 2.44. The van der Waals surface area contributed by atoms with Crippen LogP contribution < -0.4 is 10.1 Å². The van der Waals surface area contributed by atoms with E-state index in [1.807, 2.05) is 7.05 Å². The van der Waals surface area contributed by atoms with Gasteiger partial charge in [0.2, 0.25) is 0 Å². The summed E-state index contributed by atoms with van der Waals surface area (Å²) >= 11 is 3.59. The summed E-state index contributed by atoms with van der Waals surface area (Å²) in [6, 6.07) is 4.31. The summed E-state index contributed by atoms with van der Waals surface area (Å²) in [4.78, 5) is 0. The van der Waals surface area contributed by atoms with Gasteiger partial charge in [-0.15, -0.1) is 0 Å². The number of hydrogen-bond acceptors (Lipinski definition) is 2. The highest BCUT2D eigenvalue weighted by Gasteiger charge is 2.06. The molecule has 0 unspecified atom stereocenters. The molecule has 0 fully saturated rings. The van der Waals surface area contributed by atoms with Crippen molar-refractivity contribution >= 4 is 15.9 Å². The quantitative estimate of drug-likeness (QED) is 0.730. The average molecular weight is 314 g/mol. The van der Waals surface area contributed by atoms with Crippen LogP contribution in [0.15, 0.2) is 16.6 Å². The molecule has 0 aliphatic heterocycles. The molecule has 3 heteroatoms. The van der Waals surface area contributed by atoms with Crippen molar-refractivity contribution in [2.75, 3.05) is 20.7 Å². The number of benzene rings is 1. The maximum absolute atomic E-state index is 5.45. The van der Waals surface area contributed by atoms with Crippen molar-refractivity contribution in [1.82, 2.24) is 5.32 Å². The number of unbranched alkanes of at least 4 members (excludes halogenated alkanes) is 3. The second kappa shape index (κ2) is 8.54. The van der Waals surface area contributed by atoms with Gasteiger partial charge in [0.05, 0.1) is 7.11 Å². The van der Waals surface area contributed by atoms with Gasteiger partial charge in [-0.3, -0.25) is 0 Å². The zero-order chi connectivity index (χ0) is 13.4. The standard InChI is InChI=1S/C15H24BrNO/c1-12-10-15(18-3)13(11-14(12)16)8-6-4-5-7-9-17-2/h10-11,17H,4-9H2,1-3H3. The molecule has 0 saturated heterocycles. The van der Waals surface area contributed by atoms with Gasteiger partial charge in [0.15, 0.2) is 0 Å². The molecule has 0 aromatic heterocycles. The summed E-state index contributed by atoms with van der Waals surface area (Å²) < 4.78 is 6.62. The minimum atomic E-state index is 1.02. The maximum Gasteiger partial charge on any atom is 0.122 e. The van der Waals surface area contributed by atoms with Crippen molar-refractivity contribution in [1.29, 1.82) is 0 Å². The van der Waals surface area contributed by atoms with E-state index in [9.17, 15) is 0 Å². The molecule has 0 aliphatic carbocycles. The molecule has 2 nitrogen and oxygen atoms in total. The van der Waals surface area contributed by atoms with Crippen molar-refractivity contribution in [3.8, 4) is 5.75 Å². The fraction of sp³-hybridized carbons (Fsp3) is 0.600. The van der Waals surface area contributed by atoms with E-state index >= 15 is 0 Å². The summed E-state index contributed by atoms with van der Waals surface area (Å²) in [6.07, 6.45) is 6.19. The van der Waals surface area contributed by atoms with Gasteiger partial charge in [0, 0.05) is 4.47 Å². The molecule has 1 aromatic rings. The number of methoxy groups -OCH3 is 1. The van der Waals surface area contributed by atoms with Crippen molar-refractivity contribution in [2.45, 2.75) is 39.0 Å². The lowest BCUT2D eigenvalue weighted by atomic mass is 10.0.